The Labute approximate surface area is 186 Å². The van der Waals surface area contributed by atoms with E-state index in [1.807, 2.05) is 0 Å². The van der Waals surface area contributed by atoms with Crippen LogP contribution in [-0.4, -0.2) is 62.3 Å². The highest BCUT2D eigenvalue weighted by Crippen LogP contribution is 2.36. The van der Waals surface area contributed by atoms with Crippen LogP contribution in [0, 0.1) is 0 Å². The number of carbonyl (C=O) groups is 2. The number of urea groups is 1. The first-order valence-electron chi connectivity index (χ1n) is 10.3. The van der Waals surface area contributed by atoms with Gasteiger partial charge in [0.25, 0.3) is 5.91 Å². The molecule has 0 radical (unpaired) electrons. The molecule has 4 rings (SSSR count). The maximum Gasteiger partial charge on any atom is 0.323 e. The Bertz CT molecular complexity index is 964. The summed E-state index contributed by atoms with van der Waals surface area (Å²) in [5.74, 6) is 0.495. The van der Waals surface area contributed by atoms with Crippen LogP contribution in [0.5, 0.6) is 5.75 Å². The fourth-order valence-corrected chi connectivity index (χ4v) is 3.84. The number of hydrogen-bond acceptors (Lipinski definition) is 5. The van der Waals surface area contributed by atoms with Gasteiger partial charge in [-0.05, 0) is 37.3 Å². The number of nitrogens with zero attached hydrogens (tertiary/aromatic N) is 2. The molecule has 0 spiro atoms. The molecule has 1 atom stereocenters. The first kappa shape index (κ1) is 21.4. The van der Waals surface area contributed by atoms with Crippen LogP contribution in [0.15, 0.2) is 42.5 Å². The minimum atomic E-state index is -0.590. The number of carbonyl (C=O) groups excluding carboxylic acids is 2. The van der Waals surface area contributed by atoms with E-state index < -0.39 is 12.1 Å². The maximum atomic E-state index is 12.7. The number of rotatable bonds is 5. The molecule has 2 aliphatic heterocycles. The normalized spacial score (nSPS) is 18.8. The lowest BCUT2D eigenvalue weighted by atomic mass is 10.1. The lowest BCUT2D eigenvalue weighted by Crippen LogP contribution is -2.48. The molecule has 1 fully saturated rings. The van der Waals surface area contributed by atoms with Crippen LogP contribution in [0.1, 0.15) is 6.92 Å². The average Bonchev–Trinajstić information content (AvgIpc) is 2.75. The molecule has 1 unspecified atom stereocenters. The van der Waals surface area contributed by atoms with Gasteiger partial charge in [-0.2, -0.15) is 0 Å². The van der Waals surface area contributed by atoms with Crippen molar-refractivity contribution in [3.63, 3.8) is 0 Å². The molecule has 2 N–H and O–H groups in total. The zero-order chi connectivity index (χ0) is 21.8. The summed E-state index contributed by atoms with van der Waals surface area (Å²) in [7, 11) is 0. The predicted octanol–water partition coefficient (Wildman–Crippen LogP) is 3.43. The molecule has 8 nitrogen and oxygen atoms in total. The van der Waals surface area contributed by atoms with Crippen molar-refractivity contribution in [3.05, 3.63) is 47.5 Å². The number of anilines is 3. The summed E-state index contributed by atoms with van der Waals surface area (Å²) in [6.07, 6.45) is -0.590. The minimum Gasteiger partial charge on any atom is -0.479 e. The second kappa shape index (κ2) is 9.55. The summed E-state index contributed by atoms with van der Waals surface area (Å²) in [5, 5.41) is 6.06. The highest BCUT2D eigenvalue weighted by atomic mass is 35.5. The lowest BCUT2D eigenvalue weighted by Gasteiger charge is -2.35. The number of nitrogens with one attached hydrogen (secondary N) is 2. The zero-order valence-electron chi connectivity index (χ0n) is 17.3. The Morgan fingerprint density at radius 2 is 1.84 bits per heavy atom. The van der Waals surface area contributed by atoms with E-state index in [4.69, 9.17) is 21.1 Å². The maximum absolute atomic E-state index is 12.7. The van der Waals surface area contributed by atoms with E-state index in [2.05, 4.69) is 15.5 Å². The summed E-state index contributed by atoms with van der Waals surface area (Å²) >= 11 is 5.95. The lowest BCUT2D eigenvalue weighted by molar-refractivity contribution is -0.125. The highest BCUT2D eigenvalue weighted by Gasteiger charge is 2.32. The van der Waals surface area contributed by atoms with Crippen molar-refractivity contribution < 1.29 is 19.1 Å². The van der Waals surface area contributed by atoms with Gasteiger partial charge in [-0.3, -0.25) is 9.69 Å². The third kappa shape index (κ3) is 5.28. The van der Waals surface area contributed by atoms with E-state index in [0.717, 1.165) is 32.8 Å². The van der Waals surface area contributed by atoms with Crippen molar-refractivity contribution in [2.45, 2.75) is 13.0 Å². The number of morpholine rings is 1. The summed E-state index contributed by atoms with van der Waals surface area (Å²) in [6, 6.07) is 11.8. The standard InChI is InChI=1S/C22H25ClN4O4/c1-15-21(28)27(8-7-26-9-11-30-12-10-26)19-6-5-18(14-20(19)31-15)25-22(29)24-17-4-2-3-16(23)13-17/h2-6,13-15H,7-12H2,1H3,(H2,24,25,29). The van der Waals surface area contributed by atoms with E-state index in [9.17, 15) is 9.59 Å². The van der Waals surface area contributed by atoms with E-state index in [1.54, 1.807) is 54.3 Å². The second-order valence-electron chi connectivity index (χ2n) is 7.48. The van der Waals surface area contributed by atoms with Gasteiger partial charge >= 0.3 is 6.03 Å². The van der Waals surface area contributed by atoms with Gasteiger partial charge in [0.2, 0.25) is 0 Å². The van der Waals surface area contributed by atoms with Gasteiger partial charge in [0.15, 0.2) is 6.10 Å². The van der Waals surface area contributed by atoms with Gasteiger partial charge in [-0.15, -0.1) is 0 Å². The third-order valence-corrected chi connectivity index (χ3v) is 5.49. The van der Waals surface area contributed by atoms with E-state index in [1.165, 1.54) is 0 Å². The summed E-state index contributed by atoms with van der Waals surface area (Å²) in [5.41, 5.74) is 1.86. The molecule has 3 amide bonds. The van der Waals surface area contributed by atoms with Crippen LogP contribution in [0.4, 0.5) is 21.9 Å². The molecule has 2 aromatic carbocycles. The van der Waals surface area contributed by atoms with E-state index in [0.29, 0.717) is 34.4 Å². The molecule has 0 bridgehead atoms. The van der Waals surface area contributed by atoms with Crippen molar-refractivity contribution in [1.29, 1.82) is 0 Å². The number of amides is 3. The fourth-order valence-electron chi connectivity index (χ4n) is 3.64. The summed E-state index contributed by atoms with van der Waals surface area (Å²) in [6.45, 7) is 6.24. The molecule has 2 heterocycles. The fraction of sp³-hybridized carbons (Fsp3) is 0.364. The number of fused-ring (bicyclic) bond motifs is 1. The van der Waals surface area contributed by atoms with Crippen LogP contribution in [-0.2, 0) is 9.53 Å². The first-order valence-corrected chi connectivity index (χ1v) is 10.6. The molecule has 0 saturated carbocycles. The zero-order valence-corrected chi connectivity index (χ0v) is 18.0. The largest absolute Gasteiger partial charge is 0.479 e. The number of ether oxygens (including phenoxy) is 2. The molecule has 2 aromatic rings. The van der Waals surface area contributed by atoms with Gasteiger partial charge in [-0.1, -0.05) is 17.7 Å². The molecule has 0 aromatic heterocycles. The van der Waals surface area contributed by atoms with Crippen LogP contribution >= 0.6 is 11.6 Å². The van der Waals surface area contributed by atoms with Crippen LogP contribution in [0.3, 0.4) is 0 Å². The van der Waals surface area contributed by atoms with Crippen molar-refractivity contribution in [2.75, 3.05) is 54.9 Å². The van der Waals surface area contributed by atoms with Gasteiger partial charge in [0, 0.05) is 48.6 Å². The predicted molar refractivity (Wildman–Crippen MR) is 120 cm³/mol. The molecule has 9 heteroatoms. The Morgan fingerprint density at radius 3 is 2.58 bits per heavy atom. The molecule has 0 aliphatic carbocycles. The van der Waals surface area contributed by atoms with Gasteiger partial charge in [-0.25, -0.2) is 4.79 Å². The van der Waals surface area contributed by atoms with E-state index >= 15 is 0 Å². The molecule has 1 saturated heterocycles. The van der Waals surface area contributed by atoms with Crippen LogP contribution < -0.4 is 20.3 Å². The van der Waals surface area contributed by atoms with Crippen molar-refractivity contribution in [3.8, 4) is 5.75 Å². The Hall–Kier alpha value is -2.81. The van der Waals surface area contributed by atoms with Crippen LogP contribution in [0.2, 0.25) is 5.02 Å². The third-order valence-electron chi connectivity index (χ3n) is 5.25. The topological polar surface area (TPSA) is 83.1 Å². The molecule has 31 heavy (non-hydrogen) atoms. The van der Waals surface area contributed by atoms with Crippen molar-refractivity contribution in [1.82, 2.24) is 4.90 Å². The van der Waals surface area contributed by atoms with Gasteiger partial charge in [0.05, 0.1) is 18.9 Å². The SMILES string of the molecule is CC1Oc2cc(NC(=O)Nc3cccc(Cl)c3)ccc2N(CCN2CCOCC2)C1=O. The number of benzene rings is 2. The summed E-state index contributed by atoms with van der Waals surface area (Å²) < 4.78 is 11.2. The quantitative estimate of drug-likeness (QED) is 0.738. The average molecular weight is 445 g/mol. The number of halogens is 1. The minimum absolute atomic E-state index is 0.0693. The molecular weight excluding hydrogens is 420 g/mol. The Balaban J connectivity index is 1.44. The molecular formula is C22H25ClN4O4. The highest BCUT2D eigenvalue weighted by molar-refractivity contribution is 6.30. The van der Waals surface area contributed by atoms with Crippen LogP contribution in [0.25, 0.3) is 0 Å². The molecule has 164 valence electrons. The van der Waals surface area contributed by atoms with Gasteiger partial charge < -0.3 is 25.0 Å². The van der Waals surface area contributed by atoms with E-state index in [-0.39, 0.29) is 5.91 Å². The smallest absolute Gasteiger partial charge is 0.323 e. The number of hydrogen-bond donors (Lipinski definition) is 2. The summed E-state index contributed by atoms with van der Waals surface area (Å²) in [4.78, 5) is 29.1. The second-order valence-corrected chi connectivity index (χ2v) is 7.91. The van der Waals surface area contributed by atoms with Crippen molar-refractivity contribution >= 4 is 40.6 Å². The van der Waals surface area contributed by atoms with Crippen molar-refractivity contribution in [2.24, 2.45) is 0 Å². The first-order chi connectivity index (χ1) is 15.0. The monoisotopic (exact) mass is 444 g/mol. The Morgan fingerprint density at radius 1 is 1.10 bits per heavy atom. The molecule has 2 aliphatic rings. The van der Waals surface area contributed by atoms with Gasteiger partial charge in [0.1, 0.15) is 5.75 Å². The Kier molecular flexibility index (Phi) is 6.60.